The molecule has 0 aliphatic heterocycles. The molecule has 1 aliphatic carbocycles. The lowest BCUT2D eigenvalue weighted by Crippen LogP contribution is -2.46. The van der Waals surface area contributed by atoms with Crippen molar-refractivity contribution in [3.63, 3.8) is 0 Å². The molecule has 1 saturated carbocycles. The van der Waals surface area contributed by atoms with Gasteiger partial charge in [-0.3, -0.25) is 4.79 Å². The Morgan fingerprint density at radius 1 is 1.26 bits per heavy atom. The number of carbonyl (C=O) groups excluding carboxylic acids is 1. The van der Waals surface area contributed by atoms with Crippen molar-refractivity contribution in [2.45, 2.75) is 30.7 Å². The predicted molar refractivity (Wildman–Crippen MR) is 68.6 cm³/mol. The first-order valence-electron chi connectivity index (χ1n) is 6.30. The molecular formula is C14H17NO4. The molecule has 0 spiro atoms. The van der Waals surface area contributed by atoms with Crippen LogP contribution >= 0.6 is 0 Å². The fraction of sp³-hybridized carbons (Fsp3) is 0.429. The van der Waals surface area contributed by atoms with Crippen molar-refractivity contribution in [1.82, 2.24) is 5.32 Å². The number of aliphatic carboxylic acids is 1. The van der Waals surface area contributed by atoms with Crippen LogP contribution in [0.4, 0.5) is 0 Å². The molecule has 19 heavy (non-hydrogen) atoms. The fourth-order valence-electron chi connectivity index (χ4n) is 2.21. The quantitative estimate of drug-likeness (QED) is 0.704. The second kappa shape index (κ2) is 5.40. The van der Waals surface area contributed by atoms with Crippen molar-refractivity contribution < 1.29 is 19.8 Å². The molecule has 0 radical (unpaired) electrons. The number of rotatable bonds is 6. The summed E-state index contributed by atoms with van der Waals surface area (Å²) in [5.74, 6) is -1.38. The Kier molecular flexibility index (Phi) is 3.85. The van der Waals surface area contributed by atoms with Gasteiger partial charge in [-0.25, -0.2) is 4.79 Å². The first-order chi connectivity index (χ1) is 9.10. The molecule has 5 heteroatoms. The minimum Gasteiger partial charge on any atom is -0.480 e. The van der Waals surface area contributed by atoms with Crippen LogP contribution in [0.5, 0.6) is 0 Å². The molecule has 0 heterocycles. The second-order valence-corrected chi connectivity index (χ2v) is 4.82. The van der Waals surface area contributed by atoms with Crippen molar-refractivity contribution in [3.8, 4) is 0 Å². The number of carbonyl (C=O) groups is 2. The fourth-order valence-corrected chi connectivity index (χ4v) is 2.21. The highest BCUT2D eigenvalue weighted by molar-refractivity contribution is 5.93. The maximum Gasteiger partial charge on any atom is 0.326 e. The van der Waals surface area contributed by atoms with E-state index in [1.807, 2.05) is 30.3 Å². The van der Waals surface area contributed by atoms with E-state index in [1.165, 1.54) is 0 Å². The highest BCUT2D eigenvalue weighted by atomic mass is 16.4. The zero-order valence-corrected chi connectivity index (χ0v) is 10.5. The summed E-state index contributed by atoms with van der Waals surface area (Å²) in [5, 5.41) is 20.3. The summed E-state index contributed by atoms with van der Waals surface area (Å²) in [5.41, 5.74) is 0.338. The van der Waals surface area contributed by atoms with Gasteiger partial charge in [-0.15, -0.1) is 0 Å². The van der Waals surface area contributed by atoms with Gasteiger partial charge in [0.05, 0.1) is 5.41 Å². The maximum atomic E-state index is 12.3. The first-order valence-corrected chi connectivity index (χ1v) is 6.30. The van der Waals surface area contributed by atoms with Crippen LogP contribution in [0.2, 0.25) is 0 Å². The highest BCUT2D eigenvalue weighted by Gasteiger charge is 2.51. The third-order valence-electron chi connectivity index (χ3n) is 3.53. The van der Waals surface area contributed by atoms with E-state index in [9.17, 15) is 9.59 Å². The summed E-state index contributed by atoms with van der Waals surface area (Å²) in [6.45, 7) is -0.268. The minimum atomic E-state index is -1.12. The van der Waals surface area contributed by atoms with E-state index in [-0.39, 0.29) is 18.9 Å². The molecule has 1 aromatic carbocycles. The Labute approximate surface area is 111 Å². The number of nitrogens with one attached hydrogen (secondary N) is 1. The molecule has 1 atom stereocenters. The number of hydrogen-bond acceptors (Lipinski definition) is 3. The number of carboxylic acid groups (broad SMARTS) is 1. The Hall–Kier alpha value is -1.88. The van der Waals surface area contributed by atoms with Crippen LogP contribution < -0.4 is 5.32 Å². The van der Waals surface area contributed by atoms with Gasteiger partial charge < -0.3 is 15.5 Å². The van der Waals surface area contributed by atoms with E-state index in [4.69, 9.17) is 10.2 Å². The van der Waals surface area contributed by atoms with E-state index in [0.29, 0.717) is 0 Å². The number of hydrogen-bond donors (Lipinski definition) is 3. The van der Waals surface area contributed by atoms with Crippen molar-refractivity contribution >= 4 is 11.9 Å². The zero-order chi connectivity index (χ0) is 13.9. The summed E-state index contributed by atoms with van der Waals surface area (Å²) in [7, 11) is 0. The van der Waals surface area contributed by atoms with E-state index >= 15 is 0 Å². The molecule has 0 unspecified atom stereocenters. The molecule has 1 aromatic rings. The van der Waals surface area contributed by atoms with Gasteiger partial charge in [0, 0.05) is 13.0 Å². The molecule has 3 N–H and O–H groups in total. The predicted octanol–water partition coefficient (Wildman–Crippen LogP) is 0.670. The topological polar surface area (TPSA) is 86.6 Å². The zero-order valence-electron chi connectivity index (χ0n) is 10.5. The number of aliphatic hydroxyl groups excluding tert-OH is 1. The van der Waals surface area contributed by atoms with E-state index in [2.05, 4.69) is 5.32 Å². The molecule has 102 valence electrons. The lowest BCUT2D eigenvalue weighted by molar-refractivity contribution is -0.142. The first kappa shape index (κ1) is 13.5. The summed E-state index contributed by atoms with van der Waals surface area (Å²) in [6.07, 6.45) is 1.48. The molecule has 1 fully saturated rings. The van der Waals surface area contributed by atoms with Crippen LogP contribution in [-0.2, 0) is 15.0 Å². The number of carboxylic acids is 1. The van der Waals surface area contributed by atoms with Crippen LogP contribution in [0.1, 0.15) is 24.8 Å². The molecule has 2 rings (SSSR count). The Bertz CT molecular complexity index is 468. The van der Waals surface area contributed by atoms with E-state index in [1.54, 1.807) is 0 Å². The average molecular weight is 263 g/mol. The highest BCUT2D eigenvalue weighted by Crippen LogP contribution is 2.48. The Morgan fingerprint density at radius 3 is 2.37 bits per heavy atom. The SMILES string of the molecule is O=C(O)[C@@H](CCO)NC(=O)C1(c2ccccc2)CC1. The number of amides is 1. The summed E-state index contributed by atoms with van der Waals surface area (Å²) >= 11 is 0. The molecule has 5 nitrogen and oxygen atoms in total. The van der Waals surface area contributed by atoms with Gasteiger partial charge >= 0.3 is 5.97 Å². The van der Waals surface area contributed by atoms with Crippen molar-refractivity contribution in [2.24, 2.45) is 0 Å². The molecule has 0 aromatic heterocycles. The smallest absolute Gasteiger partial charge is 0.326 e. The van der Waals surface area contributed by atoms with Crippen molar-refractivity contribution in [3.05, 3.63) is 35.9 Å². The van der Waals surface area contributed by atoms with Gasteiger partial charge in [0.25, 0.3) is 0 Å². The second-order valence-electron chi connectivity index (χ2n) is 4.82. The third-order valence-corrected chi connectivity index (χ3v) is 3.53. The maximum absolute atomic E-state index is 12.3. The molecule has 0 saturated heterocycles. The molecule has 1 aliphatic rings. The monoisotopic (exact) mass is 263 g/mol. The van der Waals surface area contributed by atoms with E-state index < -0.39 is 17.4 Å². The normalized spacial score (nSPS) is 17.5. The van der Waals surface area contributed by atoms with E-state index in [0.717, 1.165) is 18.4 Å². The van der Waals surface area contributed by atoms with Crippen LogP contribution in [0, 0.1) is 0 Å². The number of aliphatic hydroxyl groups is 1. The largest absolute Gasteiger partial charge is 0.480 e. The standard InChI is InChI=1S/C14H17NO4/c16-9-6-11(12(17)18)15-13(19)14(7-8-14)10-4-2-1-3-5-10/h1-5,11,16H,6-9H2,(H,15,19)(H,17,18)/t11-/m1/s1. The van der Waals surface area contributed by atoms with Gasteiger partial charge in [0.1, 0.15) is 6.04 Å². The van der Waals surface area contributed by atoms with Crippen LogP contribution in [0.25, 0.3) is 0 Å². The minimum absolute atomic E-state index is 0.0198. The van der Waals surface area contributed by atoms with Gasteiger partial charge in [0.2, 0.25) is 5.91 Å². The van der Waals surface area contributed by atoms with Crippen molar-refractivity contribution in [1.29, 1.82) is 0 Å². The van der Waals surface area contributed by atoms with Crippen LogP contribution in [0.15, 0.2) is 30.3 Å². The lowest BCUT2D eigenvalue weighted by Gasteiger charge is -2.19. The third kappa shape index (κ3) is 2.76. The van der Waals surface area contributed by atoms with Crippen LogP contribution in [0.3, 0.4) is 0 Å². The lowest BCUT2D eigenvalue weighted by atomic mass is 9.94. The van der Waals surface area contributed by atoms with Gasteiger partial charge in [-0.05, 0) is 18.4 Å². The summed E-state index contributed by atoms with van der Waals surface area (Å²) < 4.78 is 0. The summed E-state index contributed by atoms with van der Waals surface area (Å²) in [6, 6.07) is 8.35. The van der Waals surface area contributed by atoms with Gasteiger partial charge in [0.15, 0.2) is 0 Å². The molecule has 0 bridgehead atoms. The Balaban J connectivity index is 2.10. The Morgan fingerprint density at radius 2 is 1.89 bits per heavy atom. The van der Waals surface area contributed by atoms with Gasteiger partial charge in [-0.1, -0.05) is 30.3 Å². The molecule has 1 amide bonds. The average Bonchev–Trinajstić information content (AvgIpc) is 3.20. The van der Waals surface area contributed by atoms with Gasteiger partial charge in [-0.2, -0.15) is 0 Å². The van der Waals surface area contributed by atoms with Crippen molar-refractivity contribution in [2.75, 3.05) is 6.61 Å². The summed E-state index contributed by atoms with van der Waals surface area (Å²) in [4.78, 5) is 23.2. The van der Waals surface area contributed by atoms with Crippen LogP contribution in [-0.4, -0.2) is 34.7 Å². The number of benzene rings is 1. The molecular weight excluding hydrogens is 246 g/mol.